The van der Waals surface area contributed by atoms with Gasteiger partial charge in [0, 0.05) is 17.4 Å². The summed E-state index contributed by atoms with van der Waals surface area (Å²) in [4.78, 5) is 24.6. The molecule has 0 heterocycles. The van der Waals surface area contributed by atoms with Gasteiger partial charge >= 0.3 is 0 Å². The number of aryl methyl sites for hydroxylation is 2. The van der Waals surface area contributed by atoms with Crippen molar-refractivity contribution < 1.29 is 9.59 Å². The SMILES string of the molecule is CC(=O)[C@@H](C/C=C/C[C@H](C(=O)c1ccc(C)c(C)c1)C(C)C)C(C)C. The predicted octanol–water partition coefficient (Wildman–Crippen LogP) is 5.96. The lowest BCUT2D eigenvalue weighted by molar-refractivity contribution is -0.121. The van der Waals surface area contributed by atoms with Crippen LogP contribution in [0.2, 0.25) is 0 Å². The van der Waals surface area contributed by atoms with Crippen molar-refractivity contribution in [2.45, 2.75) is 61.3 Å². The Morgan fingerprint density at radius 2 is 1.40 bits per heavy atom. The molecule has 0 aliphatic carbocycles. The zero-order valence-electron chi connectivity index (χ0n) is 16.9. The third-order valence-electron chi connectivity index (χ3n) is 5.21. The molecule has 0 amide bonds. The zero-order valence-corrected chi connectivity index (χ0v) is 16.9. The second kappa shape index (κ2) is 9.70. The molecule has 2 nitrogen and oxygen atoms in total. The molecule has 0 saturated heterocycles. The Balaban J connectivity index is 2.80. The van der Waals surface area contributed by atoms with Crippen LogP contribution in [0.1, 0.15) is 68.9 Å². The molecule has 0 bridgehead atoms. The lowest BCUT2D eigenvalue weighted by atomic mass is 9.84. The van der Waals surface area contributed by atoms with Crippen molar-refractivity contribution in [1.82, 2.24) is 0 Å². The van der Waals surface area contributed by atoms with Gasteiger partial charge in [0.05, 0.1) is 0 Å². The van der Waals surface area contributed by atoms with E-state index in [4.69, 9.17) is 0 Å². The Hall–Kier alpha value is -1.70. The number of hydrogen-bond donors (Lipinski definition) is 0. The van der Waals surface area contributed by atoms with Crippen LogP contribution in [0, 0.1) is 37.5 Å². The first kappa shape index (κ1) is 21.3. The van der Waals surface area contributed by atoms with Crippen LogP contribution in [-0.2, 0) is 4.79 Å². The van der Waals surface area contributed by atoms with Crippen molar-refractivity contribution in [3.63, 3.8) is 0 Å². The summed E-state index contributed by atoms with van der Waals surface area (Å²) < 4.78 is 0. The largest absolute Gasteiger partial charge is 0.300 e. The van der Waals surface area contributed by atoms with Crippen molar-refractivity contribution >= 4 is 11.6 Å². The van der Waals surface area contributed by atoms with E-state index in [1.54, 1.807) is 6.92 Å². The molecule has 2 atom stereocenters. The van der Waals surface area contributed by atoms with Gasteiger partial charge in [0.2, 0.25) is 0 Å². The highest BCUT2D eigenvalue weighted by atomic mass is 16.1. The van der Waals surface area contributed by atoms with Crippen LogP contribution in [0.15, 0.2) is 30.4 Å². The maximum Gasteiger partial charge on any atom is 0.166 e. The van der Waals surface area contributed by atoms with Crippen LogP contribution in [0.25, 0.3) is 0 Å². The molecule has 1 rings (SSSR count). The Morgan fingerprint density at radius 1 is 0.880 bits per heavy atom. The minimum atomic E-state index is -0.0202. The molecule has 0 radical (unpaired) electrons. The Labute approximate surface area is 153 Å². The summed E-state index contributed by atoms with van der Waals surface area (Å²) in [7, 11) is 0. The maximum atomic E-state index is 12.9. The fraction of sp³-hybridized carbons (Fsp3) is 0.565. The quantitative estimate of drug-likeness (QED) is 0.410. The van der Waals surface area contributed by atoms with Gasteiger partial charge in [0.1, 0.15) is 5.78 Å². The van der Waals surface area contributed by atoms with Crippen LogP contribution < -0.4 is 0 Å². The minimum absolute atomic E-state index is 0.0202. The Bertz CT molecular complexity index is 623. The number of carbonyl (C=O) groups excluding carboxylic acids is 2. The molecule has 0 aliphatic heterocycles. The molecule has 0 aliphatic rings. The fourth-order valence-corrected chi connectivity index (χ4v) is 3.18. The highest BCUT2D eigenvalue weighted by Crippen LogP contribution is 2.24. The number of allylic oxidation sites excluding steroid dienone is 2. The van der Waals surface area contributed by atoms with Crippen molar-refractivity contribution in [3.05, 3.63) is 47.0 Å². The first-order valence-corrected chi connectivity index (χ1v) is 9.42. The molecule has 25 heavy (non-hydrogen) atoms. The lowest BCUT2D eigenvalue weighted by Gasteiger charge is -2.19. The Morgan fingerprint density at radius 3 is 1.84 bits per heavy atom. The van der Waals surface area contributed by atoms with E-state index < -0.39 is 0 Å². The van der Waals surface area contributed by atoms with Gasteiger partial charge < -0.3 is 0 Å². The van der Waals surface area contributed by atoms with E-state index in [2.05, 4.69) is 46.8 Å². The summed E-state index contributed by atoms with van der Waals surface area (Å²) >= 11 is 0. The van der Waals surface area contributed by atoms with E-state index in [-0.39, 0.29) is 29.3 Å². The highest BCUT2D eigenvalue weighted by molar-refractivity contribution is 5.98. The molecule has 1 aromatic rings. The van der Waals surface area contributed by atoms with Crippen molar-refractivity contribution in [3.8, 4) is 0 Å². The second-order valence-electron chi connectivity index (χ2n) is 7.92. The number of rotatable bonds is 9. The summed E-state index contributed by atoms with van der Waals surface area (Å²) in [6.45, 7) is 14.1. The monoisotopic (exact) mass is 342 g/mol. The van der Waals surface area contributed by atoms with Crippen molar-refractivity contribution in [2.75, 3.05) is 0 Å². The van der Waals surface area contributed by atoms with Crippen LogP contribution in [0.3, 0.4) is 0 Å². The number of Topliss-reactive ketones (excluding diaryl/α,β-unsaturated/α-hetero) is 2. The lowest BCUT2D eigenvalue weighted by Crippen LogP contribution is -2.20. The smallest absolute Gasteiger partial charge is 0.166 e. The average Bonchev–Trinajstić information content (AvgIpc) is 2.51. The summed E-state index contributed by atoms with van der Waals surface area (Å²) in [5, 5.41) is 0. The Kier molecular flexibility index (Phi) is 8.28. The molecule has 138 valence electrons. The average molecular weight is 343 g/mol. The van der Waals surface area contributed by atoms with Gasteiger partial charge in [-0.15, -0.1) is 0 Å². The van der Waals surface area contributed by atoms with Crippen LogP contribution in [0.5, 0.6) is 0 Å². The number of carbonyl (C=O) groups is 2. The van der Waals surface area contributed by atoms with E-state index in [0.29, 0.717) is 5.92 Å². The second-order valence-corrected chi connectivity index (χ2v) is 7.92. The molecule has 0 spiro atoms. The molecule has 2 heteroatoms. The molecular weight excluding hydrogens is 308 g/mol. The highest BCUT2D eigenvalue weighted by Gasteiger charge is 2.23. The third kappa shape index (κ3) is 6.26. The van der Waals surface area contributed by atoms with Gasteiger partial charge in [-0.2, -0.15) is 0 Å². The number of benzene rings is 1. The molecule has 0 fully saturated rings. The summed E-state index contributed by atoms with van der Waals surface area (Å²) in [5.74, 6) is 1.14. The van der Waals surface area contributed by atoms with E-state index in [1.807, 2.05) is 25.1 Å². The summed E-state index contributed by atoms with van der Waals surface area (Å²) in [6.07, 6.45) is 5.65. The molecule has 1 aromatic carbocycles. The van der Waals surface area contributed by atoms with Gasteiger partial charge in [-0.1, -0.05) is 52.0 Å². The molecular formula is C23H34O2. The van der Waals surface area contributed by atoms with Crippen molar-refractivity contribution in [1.29, 1.82) is 0 Å². The molecule has 0 saturated carbocycles. The normalized spacial score (nSPS) is 14.3. The van der Waals surface area contributed by atoms with Gasteiger partial charge in [0.25, 0.3) is 0 Å². The molecule has 0 unspecified atom stereocenters. The molecule has 0 aromatic heterocycles. The standard InChI is InChI=1S/C23H34O2/c1-15(2)21(19(7)24)10-8-9-11-22(16(3)4)23(25)20-13-12-17(5)18(6)14-20/h8-9,12-16,21-22H,10-11H2,1-7H3/b9-8+/t21-,22-/m0/s1. The third-order valence-corrected chi connectivity index (χ3v) is 5.21. The molecule has 0 N–H and O–H groups in total. The first-order chi connectivity index (χ1) is 11.6. The fourth-order valence-electron chi connectivity index (χ4n) is 3.18. The van der Waals surface area contributed by atoms with Gasteiger partial charge in [0.15, 0.2) is 5.78 Å². The summed E-state index contributed by atoms with van der Waals surface area (Å²) in [5.41, 5.74) is 3.17. The first-order valence-electron chi connectivity index (χ1n) is 9.42. The van der Waals surface area contributed by atoms with E-state index in [9.17, 15) is 9.59 Å². The zero-order chi connectivity index (χ0) is 19.1. The van der Waals surface area contributed by atoms with E-state index in [1.165, 1.54) is 5.56 Å². The van der Waals surface area contributed by atoms with Crippen molar-refractivity contribution in [2.24, 2.45) is 23.7 Å². The number of ketones is 2. The van der Waals surface area contributed by atoms with E-state index >= 15 is 0 Å². The maximum absolute atomic E-state index is 12.9. The van der Waals surface area contributed by atoms with Crippen LogP contribution in [0.4, 0.5) is 0 Å². The van der Waals surface area contributed by atoms with Gasteiger partial charge in [-0.05, 0) is 62.6 Å². The number of hydrogen-bond acceptors (Lipinski definition) is 2. The topological polar surface area (TPSA) is 34.1 Å². The minimum Gasteiger partial charge on any atom is -0.300 e. The van der Waals surface area contributed by atoms with Crippen LogP contribution >= 0.6 is 0 Å². The van der Waals surface area contributed by atoms with Gasteiger partial charge in [-0.3, -0.25) is 9.59 Å². The van der Waals surface area contributed by atoms with E-state index in [0.717, 1.165) is 24.0 Å². The van der Waals surface area contributed by atoms with Gasteiger partial charge in [-0.25, -0.2) is 0 Å². The predicted molar refractivity (Wildman–Crippen MR) is 106 cm³/mol. The van der Waals surface area contributed by atoms with Crippen LogP contribution in [-0.4, -0.2) is 11.6 Å². The summed E-state index contributed by atoms with van der Waals surface area (Å²) in [6, 6.07) is 5.96.